The number of urea groups is 1. The van der Waals surface area contributed by atoms with Gasteiger partial charge in [-0.3, -0.25) is 19.9 Å². The maximum atomic E-state index is 11.9. The van der Waals surface area contributed by atoms with Crippen LogP contribution in [-0.2, 0) is 4.79 Å². The van der Waals surface area contributed by atoms with E-state index in [4.69, 9.17) is 0 Å². The highest BCUT2D eigenvalue weighted by atomic mass is 16.2. The summed E-state index contributed by atoms with van der Waals surface area (Å²) in [5.74, 6) is -0.202. The first-order valence-electron chi connectivity index (χ1n) is 7.45. The first-order valence-corrected chi connectivity index (χ1v) is 7.45. The highest BCUT2D eigenvalue weighted by Crippen LogP contribution is 2.24. The highest BCUT2D eigenvalue weighted by molar-refractivity contribution is 5.97. The zero-order chi connectivity index (χ0) is 15.4. The van der Waals surface area contributed by atoms with E-state index in [9.17, 15) is 9.59 Å². The van der Waals surface area contributed by atoms with Gasteiger partial charge in [-0.15, -0.1) is 0 Å². The molecule has 0 aromatic carbocycles. The Labute approximate surface area is 126 Å². The molecule has 0 aromatic rings. The lowest BCUT2D eigenvalue weighted by Gasteiger charge is -2.27. The summed E-state index contributed by atoms with van der Waals surface area (Å²) < 4.78 is 0. The van der Waals surface area contributed by atoms with Crippen LogP contribution in [0.5, 0.6) is 0 Å². The zero-order valence-corrected chi connectivity index (χ0v) is 13.0. The van der Waals surface area contributed by atoms with E-state index in [2.05, 4.69) is 29.3 Å². The predicted octanol–water partition coefficient (Wildman–Crippen LogP) is 2.04. The summed E-state index contributed by atoms with van der Waals surface area (Å²) in [4.78, 5) is 27.2. The van der Waals surface area contributed by atoms with Crippen LogP contribution in [0.2, 0.25) is 0 Å². The van der Waals surface area contributed by atoms with Gasteiger partial charge in [0.25, 0.3) is 0 Å². The number of likely N-dealkylation sites (tertiary alicyclic amines) is 1. The van der Waals surface area contributed by atoms with Gasteiger partial charge in [-0.25, -0.2) is 4.79 Å². The van der Waals surface area contributed by atoms with Gasteiger partial charge < -0.3 is 0 Å². The Morgan fingerprint density at radius 3 is 2.52 bits per heavy atom. The topological polar surface area (TPSA) is 52.6 Å². The minimum absolute atomic E-state index is 0.202. The Balaban J connectivity index is 2.21. The number of rotatable bonds is 3. The van der Waals surface area contributed by atoms with Crippen LogP contribution in [0.4, 0.5) is 4.79 Å². The lowest BCUT2D eigenvalue weighted by Crippen LogP contribution is -2.48. The fourth-order valence-electron chi connectivity index (χ4n) is 2.69. The lowest BCUT2D eigenvalue weighted by atomic mass is 10.1. The van der Waals surface area contributed by atoms with Gasteiger partial charge in [-0.05, 0) is 37.6 Å². The first kappa shape index (κ1) is 15.5. The molecule has 1 N–H and O–H groups in total. The minimum atomic E-state index is -0.330. The molecule has 21 heavy (non-hydrogen) atoms. The molecule has 0 atom stereocenters. The number of carbonyl (C=O) groups excluding carboxylic acids is 2. The van der Waals surface area contributed by atoms with Crippen molar-refractivity contribution in [2.75, 3.05) is 26.2 Å². The van der Waals surface area contributed by atoms with Crippen LogP contribution in [0.15, 0.2) is 35.1 Å². The van der Waals surface area contributed by atoms with Gasteiger partial charge in [-0.2, -0.15) is 0 Å². The number of nitrogens with zero attached hydrogens (tertiary/aromatic N) is 2. The number of carbonyl (C=O) groups is 2. The molecular formula is C16H23N3O2. The van der Waals surface area contributed by atoms with Crippen molar-refractivity contribution in [1.82, 2.24) is 15.1 Å². The van der Waals surface area contributed by atoms with Gasteiger partial charge in [0.2, 0.25) is 5.91 Å². The summed E-state index contributed by atoms with van der Waals surface area (Å²) in [6, 6.07) is -0.330. The van der Waals surface area contributed by atoms with Gasteiger partial charge in [0.05, 0.1) is 0 Å². The molecule has 0 bridgehead atoms. The molecule has 2 heterocycles. The summed E-state index contributed by atoms with van der Waals surface area (Å²) in [6.07, 6.45) is 6.48. The average molecular weight is 289 g/mol. The molecule has 0 aliphatic carbocycles. The number of amides is 3. The predicted molar refractivity (Wildman–Crippen MR) is 82.6 cm³/mol. The Morgan fingerprint density at radius 1 is 1.24 bits per heavy atom. The zero-order valence-electron chi connectivity index (χ0n) is 13.0. The quantitative estimate of drug-likeness (QED) is 0.865. The Hall–Kier alpha value is -1.88. The van der Waals surface area contributed by atoms with Crippen molar-refractivity contribution >= 4 is 11.9 Å². The third-order valence-electron chi connectivity index (χ3n) is 3.98. The smallest absolute Gasteiger partial charge is 0.295 e. The van der Waals surface area contributed by atoms with Crippen molar-refractivity contribution < 1.29 is 9.59 Å². The van der Waals surface area contributed by atoms with Gasteiger partial charge in [0.15, 0.2) is 0 Å². The molecule has 2 saturated heterocycles. The van der Waals surface area contributed by atoms with Gasteiger partial charge in [0, 0.05) is 31.8 Å². The Kier molecular flexibility index (Phi) is 4.96. The number of likely N-dealkylation sites (N-methyl/N-ethyl adjacent to an activating group) is 1. The van der Waals surface area contributed by atoms with E-state index in [0.29, 0.717) is 13.0 Å². The molecule has 5 heteroatoms. The van der Waals surface area contributed by atoms with Gasteiger partial charge in [-0.1, -0.05) is 19.1 Å². The van der Waals surface area contributed by atoms with Crippen molar-refractivity contribution in [3.63, 3.8) is 0 Å². The van der Waals surface area contributed by atoms with Crippen LogP contribution in [0.3, 0.4) is 0 Å². The number of nitrogens with one attached hydrogen (secondary N) is 1. The minimum Gasteiger partial charge on any atom is -0.295 e. The number of hydrogen-bond donors (Lipinski definition) is 1. The highest BCUT2D eigenvalue weighted by Gasteiger charge is 2.26. The van der Waals surface area contributed by atoms with Crippen molar-refractivity contribution in [3.8, 4) is 0 Å². The summed E-state index contributed by atoms with van der Waals surface area (Å²) in [5.41, 5.74) is 3.41. The number of hydrogen-bond acceptors (Lipinski definition) is 3. The molecule has 114 valence electrons. The van der Waals surface area contributed by atoms with Crippen molar-refractivity contribution in [3.05, 3.63) is 35.1 Å². The van der Waals surface area contributed by atoms with Gasteiger partial charge in [0.1, 0.15) is 0 Å². The van der Waals surface area contributed by atoms with Gasteiger partial charge >= 0.3 is 6.03 Å². The fraction of sp³-hybridized carbons (Fsp3) is 0.500. The summed E-state index contributed by atoms with van der Waals surface area (Å²) >= 11 is 0. The normalized spacial score (nSPS) is 25.1. The third kappa shape index (κ3) is 3.42. The Bertz CT molecular complexity index is 532. The van der Waals surface area contributed by atoms with E-state index in [1.165, 1.54) is 11.1 Å². The SMILES string of the molecule is C/C=C1/CN(CC)C/C1=C/C(=C\C)N1CCC(=O)NC1=O. The van der Waals surface area contributed by atoms with E-state index in [-0.39, 0.29) is 11.9 Å². The van der Waals surface area contributed by atoms with Crippen LogP contribution in [0.25, 0.3) is 0 Å². The second-order valence-electron chi connectivity index (χ2n) is 5.26. The van der Waals surface area contributed by atoms with E-state index in [1.807, 2.05) is 19.9 Å². The molecule has 2 fully saturated rings. The van der Waals surface area contributed by atoms with Crippen LogP contribution in [-0.4, -0.2) is 47.9 Å². The molecule has 3 amide bonds. The van der Waals surface area contributed by atoms with Crippen LogP contribution < -0.4 is 5.32 Å². The molecule has 2 aliphatic heterocycles. The molecular weight excluding hydrogens is 266 g/mol. The molecule has 0 saturated carbocycles. The molecule has 0 radical (unpaired) electrons. The molecule has 2 aliphatic rings. The Morgan fingerprint density at radius 2 is 1.95 bits per heavy atom. The number of imide groups is 1. The van der Waals surface area contributed by atoms with Crippen LogP contribution >= 0.6 is 0 Å². The summed E-state index contributed by atoms with van der Waals surface area (Å²) in [7, 11) is 0. The lowest BCUT2D eigenvalue weighted by molar-refractivity contribution is -0.121. The second-order valence-corrected chi connectivity index (χ2v) is 5.26. The maximum absolute atomic E-state index is 11.9. The standard InChI is InChI=1S/C16H23N3O2/c1-4-12-10-18(6-3)11-13(12)9-14(5-2)19-8-7-15(20)17-16(19)21/h4-5,9H,6-8,10-11H2,1-3H3,(H,17,20,21)/b12-4-,13-9-,14-5+. The largest absolute Gasteiger partial charge is 0.328 e. The van der Waals surface area contributed by atoms with Crippen molar-refractivity contribution in [1.29, 1.82) is 0 Å². The average Bonchev–Trinajstić information content (AvgIpc) is 2.87. The first-order chi connectivity index (χ1) is 10.1. The molecule has 0 spiro atoms. The maximum Gasteiger partial charge on any atom is 0.328 e. The molecule has 0 unspecified atom stereocenters. The summed E-state index contributed by atoms with van der Waals surface area (Å²) in [5, 5.41) is 2.37. The van der Waals surface area contributed by atoms with Crippen LogP contribution in [0.1, 0.15) is 27.2 Å². The van der Waals surface area contributed by atoms with Crippen LogP contribution in [0, 0.1) is 0 Å². The summed E-state index contributed by atoms with van der Waals surface area (Å²) in [6.45, 7) is 9.43. The fourth-order valence-corrected chi connectivity index (χ4v) is 2.69. The molecule has 0 aromatic heterocycles. The monoisotopic (exact) mass is 289 g/mol. The van der Waals surface area contributed by atoms with Crippen molar-refractivity contribution in [2.24, 2.45) is 0 Å². The third-order valence-corrected chi connectivity index (χ3v) is 3.98. The molecule has 2 rings (SSSR count). The number of allylic oxidation sites excluding steroid dienone is 3. The van der Waals surface area contributed by atoms with E-state index in [1.54, 1.807) is 4.90 Å². The molecule has 5 nitrogen and oxygen atoms in total. The van der Waals surface area contributed by atoms with E-state index < -0.39 is 0 Å². The van der Waals surface area contributed by atoms with E-state index in [0.717, 1.165) is 25.3 Å². The second kappa shape index (κ2) is 6.72. The van der Waals surface area contributed by atoms with Crippen molar-refractivity contribution in [2.45, 2.75) is 27.2 Å². The van der Waals surface area contributed by atoms with E-state index >= 15 is 0 Å².